The molecule has 140 valence electrons. The molecule has 0 aliphatic carbocycles. The molecule has 1 aliphatic rings. The van der Waals surface area contributed by atoms with Crippen LogP contribution in [0.15, 0.2) is 47.6 Å². The third kappa shape index (κ3) is 5.22. The molecular formula is C20H26ClN3OS. The summed E-state index contributed by atoms with van der Waals surface area (Å²) in [5.74, 6) is 1.04. The van der Waals surface area contributed by atoms with Crippen LogP contribution in [-0.2, 0) is 4.79 Å². The number of hydrogen-bond acceptors (Lipinski definition) is 4. The lowest BCUT2D eigenvalue weighted by Gasteiger charge is -2.36. The molecule has 6 heteroatoms. The molecule has 2 aromatic rings. The van der Waals surface area contributed by atoms with Crippen LogP contribution in [0, 0.1) is 13.8 Å². The van der Waals surface area contributed by atoms with Crippen molar-refractivity contribution in [1.29, 1.82) is 0 Å². The molecule has 0 bridgehead atoms. The lowest BCUT2D eigenvalue weighted by Crippen LogP contribution is -2.48. The maximum atomic E-state index is 12.8. The molecule has 1 fully saturated rings. The number of nitrogens with zero attached hydrogens (tertiary/aromatic N) is 2. The second-order valence-corrected chi connectivity index (χ2v) is 7.61. The Balaban J connectivity index is 0.00000243. The SMILES string of the molecule is Cc1ccc(SCCC(=O)N2CCNCC2c2cccnc2)cc1C.Cl. The number of aryl methyl sites for hydroxylation is 2. The van der Waals surface area contributed by atoms with Gasteiger partial charge in [0.05, 0.1) is 6.04 Å². The van der Waals surface area contributed by atoms with Crippen LogP contribution in [-0.4, -0.2) is 41.2 Å². The number of amides is 1. The van der Waals surface area contributed by atoms with E-state index in [1.165, 1.54) is 16.0 Å². The minimum absolute atomic E-state index is 0. The van der Waals surface area contributed by atoms with E-state index in [2.05, 4.69) is 48.4 Å². The van der Waals surface area contributed by atoms with Gasteiger partial charge in [0.15, 0.2) is 0 Å². The van der Waals surface area contributed by atoms with E-state index in [1.807, 2.05) is 17.2 Å². The average molecular weight is 392 g/mol. The summed E-state index contributed by atoms with van der Waals surface area (Å²) < 4.78 is 0. The molecule has 1 amide bonds. The predicted octanol–water partition coefficient (Wildman–Crippen LogP) is 3.78. The highest BCUT2D eigenvalue weighted by molar-refractivity contribution is 7.99. The maximum Gasteiger partial charge on any atom is 0.224 e. The van der Waals surface area contributed by atoms with E-state index < -0.39 is 0 Å². The highest BCUT2D eigenvalue weighted by atomic mass is 35.5. The Kier molecular flexibility index (Phi) is 7.94. The molecule has 0 spiro atoms. The van der Waals surface area contributed by atoms with Gasteiger partial charge in [-0.3, -0.25) is 9.78 Å². The largest absolute Gasteiger partial charge is 0.333 e. The topological polar surface area (TPSA) is 45.2 Å². The van der Waals surface area contributed by atoms with E-state index in [4.69, 9.17) is 0 Å². The van der Waals surface area contributed by atoms with Gasteiger partial charge in [0.2, 0.25) is 5.91 Å². The predicted molar refractivity (Wildman–Crippen MR) is 110 cm³/mol. The van der Waals surface area contributed by atoms with Crippen molar-refractivity contribution in [3.8, 4) is 0 Å². The van der Waals surface area contributed by atoms with Crippen LogP contribution in [0.5, 0.6) is 0 Å². The van der Waals surface area contributed by atoms with Crippen LogP contribution in [0.2, 0.25) is 0 Å². The number of pyridine rings is 1. The van der Waals surface area contributed by atoms with Crippen LogP contribution in [0.1, 0.15) is 29.2 Å². The Morgan fingerprint density at radius 1 is 1.31 bits per heavy atom. The monoisotopic (exact) mass is 391 g/mol. The zero-order valence-electron chi connectivity index (χ0n) is 15.3. The van der Waals surface area contributed by atoms with E-state index >= 15 is 0 Å². The van der Waals surface area contributed by atoms with E-state index in [0.29, 0.717) is 6.42 Å². The van der Waals surface area contributed by atoms with E-state index in [9.17, 15) is 4.79 Å². The maximum absolute atomic E-state index is 12.8. The third-order valence-corrected chi connectivity index (χ3v) is 5.69. The summed E-state index contributed by atoms with van der Waals surface area (Å²) in [4.78, 5) is 20.2. The molecule has 1 N–H and O–H groups in total. The summed E-state index contributed by atoms with van der Waals surface area (Å²) in [5.41, 5.74) is 3.71. The summed E-state index contributed by atoms with van der Waals surface area (Å²) >= 11 is 1.76. The number of aromatic nitrogens is 1. The van der Waals surface area contributed by atoms with Gasteiger partial charge in [-0.2, -0.15) is 0 Å². The summed E-state index contributed by atoms with van der Waals surface area (Å²) in [7, 11) is 0. The van der Waals surface area contributed by atoms with Crippen molar-refractivity contribution in [2.45, 2.75) is 31.2 Å². The van der Waals surface area contributed by atoms with Crippen molar-refractivity contribution in [2.24, 2.45) is 0 Å². The van der Waals surface area contributed by atoms with Gasteiger partial charge in [-0.1, -0.05) is 12.1 Å². The van der Waals surface area contributed by atoms with Gasteiger partial charge in [-0.15, -0.1) is 24.2 Å². The molecule has 2 heterocycles. The number of nitrogens with one attached hydrogen (secondary N) is 1. The standard InChI is InChI=1S/C20H25N3OS.ClH/c1-15-5-6-18(12-16(15)2)25-11-7-20(24)23-10-9-22-14-19(23)17-4-3-8-21-13-17;/h3-6,8,12-13,19,22H,7,9-11,14H2,1-2H3;1H. The van der Waals surface area contributed by atoms with Gasteiger partial charge in [-0.25, -0.2) is 0 Å². The summed E-state index contributed by atoms with van der Waals surface area (Å²) in [5, 5.41) is 3.38. The van der Waals surface area contributed by atoms with Crippen molar-refractivity contribution in [1.82, 2.24) is 15.2 Å². The summed E-state index contributed by atoms with van der Waals surface area (Å²) in [6.07, 6.45) is 4.20. The van der Waals surface area contributed by atoms with Gasteiger partial charge in [0.25, 0.3) is 0 Å². The zero-order valence-corrected chi connectivity index (χ0v) is 16.9. The Morgan fingerprint density at radius 2 is 2.15 bits per heavy atom. The second kappa shape index (κ2) is 9.95. The second-order valence-electron chi connectivity index (χ2n) is 6.44. The molecular weight excluding hydrogens is 366 g/mol. The quantitative estimate of drug-likeness (QED) is 0.788. The van der Waals surface area contributed by atoms with Gasteiger partial charge >= 0.3 is 0 Å². The molecule has 4 nitrogen and oxygen atoms in total. The van der Waals surface area contributed by atoms with Gasteiger partial charge in [-0.05, 0) is 48.7 Å². The Labute approximate surface area is 166 Å². The van der Waals surface area contributed by atoms with Crippen molar-refractivity contribution >= 4 is 30.1 Å². The van der Waals surface area contributed by atoms with Crippen molar-refractivity contribution in [3.63, 3.8) is 0 Å². The van der Waals surface area contributed by atoms with Gasteiger partial charge in [0, 0.05) is 49.1 Å². The number of piperazine rings is 1. The normalized spacial score (nSPS) is 16.8. The zero-order chi connectivity index (χ0) is 17.6. The Bertz CT molecular complexity index is 726. The number of carbonyl (C=O) groups excluding carboxylic acids is 1. The van der Waals surface area contributed by atoms with Crippen LogP contribution in [0.25, 0.3) is 0 Å². The van der Waals surface area contributed by atoms with E-state index in [-0.39, 0.29) is 24.4 Å². The number of thioether (sulfide) groups is 1. The van der Waals surface area contributed by atoms with Crippen molar-refractivity contribution < 1.29 is 4.79 Å². The van der Waals surface area contributed by atoms with Crippen LogP contribution in [0.3, 0.4) is 0 Å². The van der Waals surface area contributed by atoms with Crippen molar-refractivity contribution in [2.75, 3.05) is 25.4 Å². The first kappa shape index (κ1) is 20.7. The number of hydrogen-bond donors (Lipinski definition) is 1. The molecule has 1 saturated heterocycles. The summed E-state index contributed by atoms with van der Waals surface area (Å²) in [6, 6.07) is 10.6. The molecule has 1 atom stereocenters. The molecule has 26 heavy (non-hydrogen) atoms. The molecule has 1 aromatic carbocycles. The highest BCUT2D eigenvalue weighted by Crippen LogP contribution is 2.25. The summed E-state index contributed by atoms with van der Waals surface area (Å²) in [6.45, 7) is 6.65. The molecule has 0 saturated carbocycles. The number of carbonyl (C=O) groups is 1. The molecule has 1 aromatic heterocycles. The minimum atomic E-state index is 0. The molecule has 3 rings (SSSR count). The number of halogens is 1. The Morgan fingerprint density at radius 3 is 2.88 bits per heavy atom. The average Bonchev–Trinajstić information content (AvgIpc) is 2.65. The highest BCUT2D eigenvalue weighted by Gasteiger charge is 2.27. The smallest absolute Gasteiger partial charge is 0.224 e. The first-order valence-electron chi connectivity index (χ1n) is 8.75. The molecule has 1 unspecified atom stereocenters. The van der Waals surface area contributed by atoms with Gasteiger partial charge < -0.3 is 10.2 Å². The Hall–Kier alpha value is -1.56. The third-order valence-electron chi connectivity index (χ3n) is 4.70. The number of rotatable bonds is 5. The fraction of sp³-hybridized carbons (Fsp3) is 0.400. The molecule has 1 aliphatic heterocycles. The fourth-order valence-corrected chi connectivity index (χ4v) is 4.01. The lowest BCUT2D eigenvalue weighted by atomic mass is 10.1. The van der Waals surface area contributed by atoms with Crippen LogP contribution >= 0.6 is 24.2 Å². The first-order valence-corrected chi connectivity index (χ1v) is 9.74. The van der Waals surface area contributed by atoms with E-state index in [1.54, 1.807) is 18.0 Å². The van der Waals surface area contributed by atoms with Crippen LogP contribution < -0.4 is 5.32 Å². The lowest BCUT2D eigenvalue weighted by molar-refractivity contribution is -0.134. The van der Waals surface area contributed by atoms with Gasteiger partial charge in [0.1, 0.15) is 0 Å². The van der Waals surface area contributed by atoms with Crippen LogP contribution in [0.4, 0.5) is 0 Å². The fourth-order valence-electron chi connectivity index (χ4n) is 3.08. The number of benzene rings is 1. The van der Waals surface area contributed by atoms with Crippen molar-refractivity contribution in [3.05, 3.63) is 59.4 Å². The first-order chi connectivity index (χ1) is 12.1. The minimum Gasteiger partial charge on any atom is -0.333 e. The molecule has 0 radical (unpaired) electrons. The van der Waals surface area contributed by atoms with E-state index in [0.717, 1.165) is 31.0 Å².